The summed E-state index contributed by atoms with van der Waals surface area (Å²) in [7, 11) is 2.16. The Hall–Kier alpha value is -2.71. The minimum absolute atomic E-state index is 0.129. The first-order valence-corrected chi connectivity index (χ1v) is 11.0. The number of pyridine rings is 1. The van der Waals surface area contributed by atoms with Crippen molar-refractivity contribution in [2.45, 2.75) is 39.3 Å². The Bertz CT molecular complexity index is 886. The molecule has 3 N–H and O–H groups in total. The maximum absolute atomic E-state index is 13.9. The molecular formula is C23H32FN5O2. The van der Waals surface area contributed by atoms with Gasteiger partial charge in [0.05, 0.1) is 23.1 Å². The highest BCUT2D eigenvalue weighted by atomic mass is 19.1. The van der Waals surface area contributed by atoms with Crippen LogP contribution >= 0.6 is 0 Å². The molecule has 0 aliphatic carbocycles. The number of halogens is 1. The highest BCUT2D eigenvalue weighted by Crippen LogP contribution is 2.35. The molecule has 1 unspecified atom stereocenters. The molecule has 168 valence electrons. The Kier molecular flexibility index (Phi) is 7.81. The number of hydrogen-bond donors (Lipinski definition) is 3. The number of likely N-dealkylation sites (tertiary alicyclic amines) is 1. The lowest BCUT2D eigenvalue weighted by molar-refractivity contribution is 0.0697. The number of piperidine rings is 1. The SMILES string of the molecule is CC.CN1CCC(CCN2NC(Nc3cnccc3C(=O)O)c3cc(F)ccc32)CC1. The number of hydrogen-bond acceptors (Lipinski definition) is 6. The number of carboxylic acid groups (broad SMARTS) is 1. The van der Waals surface area contributed by atoms with Crippen LogP contribution in [0.4, 0.5) is 15.8 Å². The van der Waals surface area contributed by atoms with E-state index in [9.17, 15) is 14.3 Å². The number of carboxylic acids is 1. The summed E-state index contributed by atoms with van der Waals surface area (Å²) in [5, 5.41) is 14.6. The maximum atomic E-state index is 13.9. The van der Waals surface area contributed by atoms with Crippen LogP contribution in [0, 0.1) is 11.7 Å². The number of nitrogens with zero attached hydrogens (tertiary/aromatic N) is 3. The molecular weight excluding hydrogens is 397 g/mol. The van der Waals surface area contributed by atoms with E-state index in [4.69, 9.17) is 0 Å². The van der Waals surface area contributed by atoms with Crippen LogP contribution in [0.5, 0.6) is 0 Å². The molecule has 1 saturated heterocycles. The van der Waals surface area contributed by atoms with E-state index < -0.39 is 12.1 Å². The molecule has 1 fully saturated rings. The van der Waals surface area contributed by atoms with Crippen molar-refractivity contribution in [1.82, 2.24) is 15.3 Å². The average Bonchev–Trinajstić information content (AvgIpc) is 3.11. The van der Waals surface area contributed by atoms with Crippen molar-refractivity contribution in [1.29, 1.82) is 0 Å². The Morgan fingerprint density at radius 2 is 2.03 bits per heavy atom. The van der Waals surface area contributed by atoms with Gasteiger partial charge in [-0.05, 0) is 69.6 Å². The fraction of sp³-hybridized carbons (Fsp3) is 0.478. The molecule has 3 heterocycles. The quantitative estimate of drug-likeness (QED) is 0.637. The number of aromatic carboxylic acids is 1. The molecule has 31 heavy (non-hydrogen) atoms. The number of rotatable bonds is 6. The van der Waals surface area contributed by atoms with Gasteiger partial charge in [-0.15, -0.1) is 0 Å². The van der Waals surface area contributed by atoms with Gasteiger partial charge >= 0.3 is 5.97 Å². The first-order chi connectivity index (χ1) is 15.0. The van der Waals surface area contributed by atoms with Crippen LogP contribution in [0.1, 0.15) is 55.2 Å². The summed E-state index contributed by atoms with van der Waals surface area (Å²) in [4.78, 5) is 17.9. The molecule has 2 aliphatic heterocycles. The van der Waals surface area contributed by atoms with Gasteiger partial charge in [0.1, 0.15) is 12.0 Å². The molecule has 0 spiro atoms. The molecule has 2 aromatic rings. The molecule has 4 rings (SSSR count). The monoisotopic (exact) mass is 429 g/mol. The predicted molar refractivity (Wildman–Crippen MR) is 121 cm³/mol. The first kappa shape index (κ1) is 23.0. The zero-order chi connectivity index (χ0) is 22.4. The maximum Gasteiger partial charge on any atom is 0.337 e. The molecule has 0 saturated carbocycles. The second kappa shape index (κ2) is 10.5. The largest absolute Gasteiger partial charge is 0.478 e. The number of fused-ring (bicyclic) bond motifs is 1. The van der Waals surface area contributed by atoms with Crippen LogP contribution < -0.4 is 15.8 Å². The third-order valence-corrected chi connectivity index (χ3v) is 5.83. The molecule has 2 aliphatic rings. The molecule has 0 radical (unpaired) electrons. The lowest BCUT2D eigenvalue weighted by atomic mass is 9.94. The Morgan fingerprint density at radius 1 is 1.29 bits per heavy atom. The van der Waals surface area contributed by atoms with Gasteiger partial charge in [-0.2, -0.15) is 0 Å². The Balaban J connectivity index is 0.00000132. The van der Waals surface area contributed by atoms with Crippen LogP contribution in [-0.4, -0.2) is 47.6 Å². The minimum Gasteiger partial charge on any atom is -0.478 e. The Labute approximate surface area is 183 Å². The van der Waals surface area contributed by atoms with Gasteiger partial charge in [0, 0.05) is 18.3 Å². The zero-order valence-electron chi connectivity index (χ0n) is 18.4. The fourth-order valence-corrected chi connectivity index (χ4v) is 4.11. The summed E-state index contributed by atoms with van der Waals surface area (Å²) in [6.07, 6.45) is 5.93. The van der Waals surface area contributed by atoms with Crippen LogP contribution in [0.15, 0.2) is 36.7 Å². The van der Waals surface area contributed by atoms with Crippen LogP contribution in [0.3, 0.4) is 0 Å². The number of aromatic nitrogens is 1. The second-order valence-corrected chi connectivity index (χ2v) is 7.82. The summed E-state index contributed by atoms with van der Waals surface area (Å²) in [6.45, 7) is 7.07. The van der Waals surface area contributed by atoms with E-state index in [1.54, 1.807) is 6.07 Å². The van der Waals surface area contributed by atoms with E-state index in [1.165, 1.54) is 43.4 Å². The summed E-state index contributed by atoms with van der Waals surface area (Å²) < 4.78 is 13.9. The van der Waals surface area contributed by atoms with E-state index in [0.29, 0.717) is 11.6 Å². The summed E-state index contributed by atoms with van der Waals surface area (Å²) >= 11 is 0. The van der Waals surface area contributed by atoms with Gasteiger partial charge in [-0.25, -0.2) is 14.6 Å². The summed E-state index contributed by atoms with van der Waals surface area (Å²) in [6, 6.07) is 6.17. The van der Waals surface area contributed by atoms with Crippen LogP contribution in [0.25, 0.3) is 0 Å². The number of benzene rings is 1. The lowest BCUT2D eigenvalue weighted by Gasteiger charge is -2.30. The molecule has 0 amide bonds. The third kappa shape index (κ3) is 5.51. The van der Waals surface area contributed by atoms with Gasteiger partial charge in [0.15, 0.2) is 0 Å². The molecule has 7 nitrogen and oxygen atoms in total. The van der Waals surface area contributed by atoms with Gasteiger partial charge in [-0.3, -0.25) is 4.98 Å². The van der Waals surface area contributed by atoms with Gasteiger partial charge in [-0.1, -0.05) is 13.8 Å². The fourth-order valence-electron chi connectivity index (χ4n) is 4.11. The molecule has 8 heteroatoms. The highest BCUT2D eigenvalue weighted by molar-refractivity contribution is 5.94. The topological polar surface area (TPSA) is 80.7 Å². The van der Waals surface area contributed by atoms with Crippen molar-refractivity contribution in [3.63, 3.8) is 0 Å². The van der Waals surface area contributed by atoms with Crippen molar-refractivity contribution in [2.75, 3.05) is 37.0 Å². The molecule has 0 bridgehead atoms. The average molecular weight is 430 g/mol. The summed E-state index contributed by atoms with van der Waals surface area (Å²) in [5.74, 6) is -0.675. The summed E-state index contributed by atoms with van der Waals surface area (Å²) in [5.41, 5.74) is 5.57. The highest BCUT2D eigenvalue weighted by Gasteiger charge is 2.30. The van der Waals surface area contributed by atoms with Crippen molar-refractivity contribution in [2.24, 2.45) is 5.92 Å². The predicted octanol–water partition coefficient (Wildman–Crippen LogP) is 4.11. The van der Waals surface area contributed by atoms with Crippen molar-refractivity contribution in [3.05, 3.63) is 53.6 Å². The van der Waals surface area contributed by atoms with Crippen molar-refractivity contribution >= 4 is 17.3 Å². The van der Waals surface area contributed by atoms with E-state index in [2.05, 4.69) is 27.7 Å². The molecule has 1 aromatic heterocycles. The van der Waals surface area contributed by atoms with Crippen molar-refractivity contribution in [3.8, 4) is 0 Å². The van der Waals surface area contributed by atoms with E-state index >= 15 is 0 Å². The van der Waals surface area contributed by atoms with Crippen molar-refractivity contribution < 1.29 is 14.3 Å². The first-order valence-electron chi connectivity index (χ1n) is 11.0. The number of hydrazine groups is 1. The molecule has 1 aromatic carbocycles. The smallest absolute Gasteiger partial charge is 0.337 e. The third-order valence-electron chi connectivity index (χ3n) is 5.83. The van der Waals surface area contributed by atoms with E-state index in [-0.39, 0.29) is 11.4 Å². The van der Waals surface area contributed by atoms with Crippen LogP contribution in [0.2, 0.25) is 0 Å². The number of carbonyl (C=O) groups is 1. The second-order valence-electron chi connectivity index (χ2n) is 7.82. The lowest BCUT2D eigenvalue weighted by Crippen LogP contribution is -2.39. The minimum atomic E-state index is -1.04. The molecule has 1 atom stereocenters. The standard InChI is InChI=1S/C21H26FN5O2.C2H6/c1-26-9-5-14(6-10-26)7-11-27-19-3-2-15(22)12-17(19)20(25-27)24-18-13-23-8-4-16(18)21(28)29;1-2/h2-4,8,12-14,20,24-25H,5-7,9-11H2,1H3,(H,28,29);1-2H3. The Morgan fingerprint density at radius 3 is 2.74 bits per heavy atom. The van der Waals surface area contributed by atoms with E-state index in [0.717, 1.165) is 37.3 Å². The zero-order valence-corrected chi connectivity index (χ0v) is 18.4. The van der Waals surface area contributed by atoms with Gasteiger partial charge < -0.3 is 20.3 Å². The number of anilines is 2. The van der Waals surface area contributed by atoms with Crippen LogP contribution in [-0.2, 0) is 0 Å². The normalized spacial score (nSPS) is 18.8. The number of nitrogens with one attached hydrogen (secondary N) is 2. The van der Waals surface area contributed by atoms with Gasteiger partial charge in [0.25, 0.3) is 0 Å². The van der Waals surface area contributed by atoms with E-state index in [1.807, 2.05) is 18.9 Å². The van der Waals surface area contributed by atoms with Gasteiger partial charge in [0.2, 0.25) is 0 Å².